The van der Waals surface area contributed by atoms with E-state index >= 15 is 0 Å². The van der Waals surface area contributed by atoms with Crippen LogP contribution >= 0.6 is 11.3 Å². The lowest BCUT2D eigenvalue weighted by Gasteiger charge is -2.44. The third-order valence-corrected chi connectivity index (χ3v) is 4.18. The molecule has 0 amide bonds. The topological polar surface area (TPSA) is 17.1 Å². The van der Waals surface area contributed by atoms with Gasteiger partial charge in [0.1, 0.15) is 5.78 Å². The highest BCUT2D eigenvalue weighted by atomic mass is 32.1. The molecule has 2 unspecified atom stereocenters. The number of Topliss-reactive ketones (excluding diaryl/α,β-unsaturated/α-hetero) is 1. The van der Waals surface area contributed by atoms with Crippen molar-refractivity contribution in [1.29, 1.82) is 0 Å². The maximum atomic E-state index is 11.5. The van der Waals surface area contributed by atoms with Gasteiger partial charge in [0.15, 0.2) is 0 Å². The molecule has 1 heterocycles. The molecule has 0 spiro atoms. The molecule has 0 aromatic carbocycles. The fraction of sp³-hybridized carbons (Fsp3) is 0.545. The van der Waals surface area contributed by atoms with Crippen LogP contribution in [-0.2, 0) is 4.79 Å². The summed E-state index contributed by atoms with van der Waals surface area (Å²) >= 11 is 1.72. The van der Waals surface area contributed by atoms with E-state index in [-0.39, 0.29) is 5.41 Å². The summed E-state index contributed by atoms with van der Waals surface area (Å²) in [6.45, 7) is 4.21. The van der Waals surface area contributed by atoms with Gasteiger partial charge in [-0.05, 0) is 28.8 Å². The predicted molar refractivity (Wildman–Crippen MR) is 55.1 cm³/mol. The van der Waals surface area contributed by atoms with Crippen LogP contribution in [0.1, 0.15) is 38.2 Å². The Kier molecular flexibility index (Phi) is 2.03. The minimum atomic E-state index is -0.0684. The summed E-state index contributed by atoms with van der Waals surface area (Å²) in [4.78, 5) is 11.5. The summed E-state index contributed by atoms with van der Waals surface area (Å²) in [6.07, 6.45) is 1.72. The fourth-order valence-electron chi connectivity index (χ4n) is 2.11. The average Bonchev–Trinajstić information content (AvgIpc) is 2.65. The first-order valence-corrected chi connectivity index (χ1v) is 5.68. The lowest BCUT2D eigenvalue weighted by atomic mass is 9.57. The van der Waals surface area contributed by atoms with Gasteiger partial charge >= 0.3 is 0 Å². The van der Waals surface area contributed by atoms with E-state index in [4.69, 9.17) is 0 Å². The van der Waals surface area contributed by atoms with Gasteiger partial charge in [0.2, 0.25) is 0 Å². The van der Waals surface area contributed by atoms with E-state index in [1.807, 2.05) is 0 Å². The van der Waals surface area contributed by atoms with Gasteiger partial charge < -0.3 is 0 Å². The van der Waals surface area contributed by atoms with Gasteiger partial charge in [0, 0.05) is 17.8 Å². The minimum absolute atomic E-state index is 0.0684. The van der Waals surface area contributed by atoms with Crippen LogP contribution in [0.2, 0.25) is 0 Å². The third-order valence-electron chi connectivity index (χ3n) is 3.48. The van der Waals surface area contributed by atoms with Gasteiger partial charge in [-0.15, -0.1) is 0 Å². The SMILES string of the molecule is CCC1(C)C(=O)CC1c1ccsc1. The van der Waals surface area contributed by atoms with Gasteiger partial charge in [-0.3, -0.25) is 4.79 Å². The Bertz CT molecular complexity index is 315. The molecule has 70 valence electrons. The number of carbonyl (C=O) groups is 1. The number of carbonyl (C=O) groups excluding carboxylic acids is 1. The highest BCUT2D eigenvalue weighted by molar-refractivity contribution is 7.08. The molecule has 1 aliphatic rings. The van der Waals surface area contributed by atoms with Crippen molar-refractivity contribution in [3.63, 3.8) is 0 Å². The largest absolute Gasteiger partial charge is 0.299 e. The summed E-state index contributed by atoms with van der Waals surface area (Å²) < 4.78 is 0. The molecule has 1 aliphatic carbocycles. The van der Waals surface area contributed by atoms with Gasteiger partial charge in [0.05, 0.1) is 0 Å². The van der Waals surface area contributed by atoms with Crippen molar-refractivity contribution in [3.8, 4) is 0 Å². The smallest absolute Gasteiger partial charge is 0.140 e. The van der Waals surface area contributed by atoms with Crippen molar-refractivity contribution < 1.29 is 4.79 Å². The van der Waals surface area contributed by atoms with Crippen LogP contribution < -0.4 is 0 Å². The lowest BCUT2D eigenvalue weighted by Crippen LogP contribution is -2.45. The maximum absolute atomic E-state index is 11.5. The first-order chi connectivity index (χ1) is 6.18. The summed E-state index contributed by atoms with van der Waals surface area (Å²) in [5.74, 6) is 0.919. The van der Waals surface area contributed by atoms with Crippen molar-refractivity contribution in [2.45, 2.75) is 32.6 Å². The molecule has 13 heavy (non-hydrogen) atoms. The molecular weight excluding hydrogens is 180 g/mol. The van der Waals surface area contributed by atoms with Crippen LogP contribution in [0.4, 0.5) is 0 Å². The van der Waals surface area contributed by atoms with E-state index in [1.54, 1.807) is 11.3 Å². The lowest BCUT2D eigenvalue weighted by molar-refractivity contribution is -0.139. The molecule has 0 N–H and O–H groups in total. The number of ketones is 1. The van der Waals surface area contributed by atoms with Gasteiger partial charge in [-0.2, -0.15) is 11.3 Å². The highest BCUT2D eigenvalue weighted by Gasteiger charge is 2.50. The second-order valence-electron chi connectivity index (χ2n) is 4.01. The Balaban J connectivity index is 2.25. The number of thiophene rings is 1. The Labute approximate surface area is 82.8 Å². The monoisotopic (exact) mass is 194 g/mol. The average molecular weight is 194 g/mol. The molecule has 0 radical (unpaired) electrons. The standard InChI is InChI=1S/C11H14OS/c1-3-11(2)9(6-10(11)12)8-4-5-13-7-8/h4-5,7,9H,3,6H2,1-2H3. The second-order valence-corrected chi connectivity index (χ2v) is 4.79. The first kappa shape index (κ1) is 8.95. The third kappa shape index (κ3) is 1.16. The van der Waals surface area contributed by atoms with E-state index in [0.717, 1.165) is 12.8 Å². The molecular formula is C11H14OS. The second kappa shape index (κ2) is 2.95. The molecule has 0 bridgehead atoms. The van der Waals surface area contributed by atoms with Crippen LogP contribution in [0.15, 0.2) is 16.8 Å². The quantitative estimate of drug-likeness (QED) is 0.706. The van der Waals surface area contributed by atoms with Crippen molar-refractivity contribution in [2.24, 2.45) is 5.41 Å². The van der Waals surface area contributed by atoms with Crippen molar-refractivity contribution in [3.05, 3.63) is 22.4 Å². The Morgan fingerprint density at radius 3 is 2.92 bits per heavy atom. The Morgan fingerprint density at radius 2 is 2.46 bits per heavy atom. The predicted octanol–water partition coefficient (Wildman–Crippen LogP) is 3.22. The first-order valence-electron chi connectivity index (χ1n) is 4.74. The zero-order valence-corrected chi connectivity index (χ0v) is 8.86. The molecule has 1 nitrogen and oxygen atoms in total. The van der Waals surface area contributed by atoms with E-state index in [0.29, 0.717) is 11.7 Å². The molecule has 1 fully saturated rings. The molecule has 1 saturated carbocycles. The Hall–Kier alpha value is -0.630. The summed E-state index contributed by atoms with van der Waals surface area (Å²) in [5.41, 5.74) is 1.29. The van der Waals surface area contributed by atoms with Crippen molar-refractivity contribution in [1.82, 2.24) is 0 Å². The van der Waals surface area contributed by atoms with E-state index in [2.05, 4.69) is 30.7 Å². The van der Waals surface area contributed by atoms with E-state index in [9.17, 15) is 4.79 Å². The van der Waals surface area contributed by atoms with Crippen molar-refractivity contribution in [2.75, 3.05) is 0 Å². The molecule has 0 saturated heterocycles. The molecule has 2 atom stereocenters. The van der Waals surface area contributed by atoms with Crippen LogP contribution in [0, 0.1) is 5.41 Å². The molecule has 2 heteroatoms. The molecule has 2 rings (SSSR count). The molecule has 1 aromatic rings. The zero-order valence-electron chi connectivity index (χ0n) is 8.04. The minimum Gasteiger partial charge on any atom is -0.299 e. The normalized spacial score (nSPS) is 33.1. The van der Waals surface area contributed by atoms with E-state index in [1.165, 1.54) is 5.56 Å². The van der Waals surface area contributed by atoms with E-state index < -0.39 is 0 Å². The number of rotatable bonds is 2. The number of hydrogen-bond acceptors (Lipinski definition) is 2. The number of hydrogen-bond donors (Lipinski definition) is 0. The van der Waals surface area contributed by atoms with Crippen LogP contribution in [-0.4, -0.2) is 5.78 Å². The molecule has 0 aliphatic heterocycles. The van der Waals surface area contributed by atoms with Gasteiger partial charge in [0.25, 0.3) is 0 Å². The summed E-state index contributed by atoms with van der Waals surface area (Å²) in [6, 6.07) is 2.15. The molecule has 1 aromatic heterocycles. The van der Waals surface area contributed by atoms with Crippen LogP contribution in [0.5, 0.6) is 0 Å². The summed E-state index contributed by atoms with van der Waals surface area (Å²) in [7, 11) is 0. The van der Waals surface area contributed by atoms with Crippen molar-refractivity contribution >= 4 is 17.1 Å². The zero-order chi connectivity index (χ0) is 9.47. The maximum Gasteiger partial charge on any atom is 0.140 e. The highest BCUT2D eigenvalue weighted by Crippen LogP contribution is 2.52. The van der Waals surface area contributed by atoms with Crippen LogP contribution in [0.3, 0.4) is 0 Å². The van der Waals surface area contributed by atoms with Gasteiger partial charge in [-0.25, -0.2) is 0 Å². The van der Waals surface area contributed by atoms with Gasteiger partial charge in [-0.1, -0.05) is 13.8 Å². The summed E-state index contributed by atoms with van der Waals surface area (Å²) in [5, 5.41) is 4.26. The fourth-order valence-corrected chi connectivity index (χ4v) is 2.82. The van der Waals surface area contributed by atoms with Crippen LogP contribution in [0.25, 0.3) is 0 Å². The Morgan fingerprint density at radius 1 is 1.69 bits per heavy atom.